The van der Waals surface area contributed by atoms with Gasteiger partial charge in [0.25, 0.3) is 0 Å². The third-order valence-electron chi connectivity index (χ3n) is 4.35. The predicted octanol–water partition coefficient (Wildman–Crippen LogP) is 2.26. The van der Waals surface area contributed by atoms with Gasteiger partial charge < -0.3 is 5.73 Å². The zero-order chi connectivity index (χ0) is 14.5. The highest BCUT2D eigenvalue weighted by Crippen LogP contribution is 2.39. The van der Waals surface area contributed by atoms with E-state index in [4.69, 9.17) is 17.3 Å². The fourth-order valence-corrected chi connectivity index (χ4v) is 5.17. The Morgan fingerprint density at radius 1 is 1.24 bits per heavy atom. The minimum atomic E-state index is -3.70. The van der Waals surface area contributed by atoms with Crippen LogP contribution in [0.15, 0.2) is 23.1 Å². The third kappa shape index (κ3) is 3.05. The molecule has 1 saturated carbocycles. The summed E-state index contributed by atoms with van der Waals surface area (Å²) in [5, 5.41) is 0.0830. The lowest BCUT2D eigenvalue weighted by molar-refractivity contribution is 0.426. The van der Waals surface area contributed by atoms with Crippen molar-refractivity contribution in [1.29, 1.82) is 0 Å². The molecule has 0 spiro atoms. The Hall–Kier alpha value is -0.400. The van der Waals surface area contributed by atoms with Crippen LogP contribution in [0.4, 0.5) is 4.39 Å². The van der Waals surface area contributed by atoms with Crippen LogP contribution < -0.4 is 5.73 Å². The number of nitrogens with zero attached hydrogens (tertiary/aromatic N) is 1. The molecule has 118 valence electrons. The summed E-state index contributed by atoms with van der Waals surface area (Å²) in [6.07, 6.45) is 1.91. The second kappa shape index (κ2) is 6.01. The van der Waals surface area contributed by atoms with Crippen LogP contribution in [0.1, 0.15) is 12.8 Å². The predicted molar refractivity (Wildman–Crippen MR) is 81.6 cm³/mol. The van der Waals surface area contributed by atoms with E-state index in [1.54, 1.807) is 0 Å². The Bertz CT molecular complexity index is 621. The molecule has 3 atom stereocenters. The van der Waals surface area contributed by atoms with Crippen LogP contribution in [0.5, 0.6) is 0 Å². The van der Waals surface area contributed by atoms with Crippen molar-refractivity contribution in [3.05, 3.63) is 29.0 Å². The summed E-state index contributed by atoms with van der Waals surface area (Å²) in [5.74, 6) is -0.107. The van der Waals surface area contributed by atoms with Crippen molar-refractivity contribution < 1.29 is 12.8 Å². The van der Waals surface area contributed by atoms with E-state index in [2.05, 4.69) is 0 Å². The molecular weight excluding hydrogens is 338 g/mol. The van der Waals surface area contributed by atoms with Gasteiger partial charge in [-0.2, -0.15) is 4.31 Å². The highest BCUT2D eigenvalue weighted by molar-refractivity contribution is 7.89. The molecule has 21 heavy (non-hydrogen) atoms. The zero-order valence-corrected chi connectivity index (χ0v) is 13.6. The van der Waals surface area contributed by atoms with Crippen molar-refractivity contribution in [3.8, 4) is 0 Å². The lowest BCUT2D eigenvalue weighted by Gasteiger charge is -2.18. The fraction of sp³-hybridized carbons (Fsp3) is 0.538. The lowest BCUT2D eigenvalue weighted by Crippen LogP contribution is -2.33. The second-order valence-corrected chi connectivity index (χ2v) is 7.97. The van der Waals surface area contributed by atoms with Crippen LogP contribution >= 0.6 is 24.0 Å². The van der Waals surface area contributed by atoms with Crippen LogP contribution in [0.3, 0.4) is 0 Å². The van der Waals surface area contributed by atoms with Crippen molar-refractivity contribution in [3.63, 3.8) is 0 Å². The number of nitrogens with two attached hydrogens (primary N) is 1. The summed E-state index contributed by atoms with van der Waals surface area (Å²) in [5.41, 5.74) is 6.01. The van der Waals surface area contributed by atoms with Gasteiger partial charge in [-0.05, 0) is 42.9 Å². The number of fused-ring (bicyclic) bond motifs is 1. The van der Waals surface area contributed by atoms with Gasteiger partial charge in [-0.25, -0.2) is 12.8 Å². The average Bonchev–Trinajstić information content (AvgIpc) is 2.91. The summed E-state index contributed by atoms with van der Waals surface area (Å²) >= 11 is 5.74. The van der Waals surface area contributed by atoms with Gasteiger partial charge in [0.1, 0.15) is 5.82 Å². The molecule has 0 radical (unpaired) electrons. The molecule has 4 nitrogen and oxygen atoms in total. The summed E-state index contributed by atoms with van der Waals surface area (Å²) in [7, 11) is -3.70. The number of hydrogen-bond acceptors (Lipinski definition) is 3. The van der Waals surface area contributed by atoms with Crippen molar-refractivity contribution >= 4 is 34.0 Å². The Labute approximate surface area is 134 Å². The number of sulfonamides is 1. The molecule has 3 rings (SSSR count). The van der Waals surface area contributed by atoms with E-state index < -0.39 is 15.8 Å². The first-order valence-electron chi connectivity index (χ1n) is 6.60. The van der Waals surface area contributed by atoms with E-state index in [0.717, 1.165) is 25.0 Å². The van der Waals surface area contributed by atoms with E-state index >= 15 is 0 Å². The molecular formula is C13H17Cl2FN2O2S. The summed E-state index contributed by atoms with van der Waals surface area (Å²) in [4.78, 5) is -0.0870. The van der Waals surface area contributed by atoms with E-state index in [1.165, 1.54) is 10.4 Å². The average molecular weight is 355 g/mol. The molecule has 2 N–H and O–H groups in total. The van der Waals surface area contributed by atoms with Gasteiger partial charge in [0.2, 0.25) is 10.0 Å². The third-order valence-corrected chi connectivity index (χ3v) is 6.38. The lowest BCUT2D eigenvalue weighted by atomic mass is 9.98. The molecule has 1 heterocycles. The molecule has 1 aromatic rings. The SMILES string of the molecule is Cl.NC1CCC2CN(S(=O)(=O)c3cc(F)cc(Cl)c3)CC12. The van der Waals surface area contributed by atoms with Crippen LogP contribution in [0.2, 0.25) is 5.02 Å². The first-order chi connectivity index (χ1) is 9.38. The van der Waals surface area contributed by atoms with Gasteiger partial charge in [-0.3, -0.25) is 0 Å². The van der Waals surface area contributed by atoms with Gasteiger partial charge in [-0.1, -0.05) is 11.6 Å². The topological polar surface area (TPSA) is 63.4 Å². The van der Waals surface area contributed by atoms with E-state index in [-0.39, 0.29) is 34.3 Å². The monoisotopic (exact) mass is 354 g/mol. The quantitative estimate of drug-likeness (QED) is 0.885. The maximum Gasteiger partial charge on any atom is 0.243 e. The molecule has 2 aliphatic rings. The van der Waals surface area contributed by atoms with E-state index in [1.807, 2.05) is 0 Å². The molecule has 2 fully saturated rings. The van der Waals surface area contributed by atoms with Crippen molar-refractivity contribution in [2.75, 3.05) is 13.1 Å². The Balaban J connectivity index is 0.00000161. The molecule has 1 saturated heterocycles. The maximum absolute atomic E-state index is 13.4. The zero-order valence-electron chi connectivity index (χ0n) is 11.2. The largest absolute Gasteiger partial charge is 0.327 e. The molecule has 1 aromatic carbocycles. The molecule has 0 bridgehead atoms. The number of benzene rings is 1. The van der Waals surface area contributed by atoms with Gasteiger partial charge in [0, 0.05) is 24.2 Å². The van der Waals surface area contributed by atoms with Gasteiger partial charge in [0.15, 0.2) is 0 Å². The van der Waals surface area contributed by atoms with Crippen molar-refractivity contribution in [2.24, 2.45) is 17.6 Å². The highest BCUT2D eigenvalue weighted by Gasteiger charge is 2.45. The molecule has 0 aromatic heterocycles. The van der Waals surface area contributed by atoms with E-state index in [9.17, 15) is 12.8 Å². The first-order valence-corrected chi connectivity index (χ1v) is 8.41. The van der Waals surface area contributed by atoms with Crippen LogP contribution in [-0.4, -0.2) is 31.9 Å². The van der Waals surface area contributed by atoms with E-state index in [0.29, 0.717) is 19.0 Å². The van der Waals surface area contributed by atoms with Crippen molar-refractivity contribution in [1.82, 2.24) is 4.31 Å². The van der Waals surface area contributed by atoms with Gasteiger partial charge >= 0.3 is 0 Å². The smallest absolute Gasteiger partial charge is 0.243 e. The Morgan fingerprint density at radius 2 is 1.95 bits per heavy atom. The van der Waals surface area contributed by atoms with Crippen molar-refractivity contribution in [2.45, 2.75) is 23.8 Å². The summed E-state index contributed by atoms with van der Waals surface area (Å²) in [6, 6.07) is 3.45. The standard InChI is InChI=1S/C13H16ClFN2O2S.ClH/c14-9-3-10(15)5-11(4-9)20(18,19)17-6-8-1-2-13(16)12(8)7-17;/h3-5,8,12-13H,1-2,6-7,16H2;1H. The minimum absolute atomic E-state index is 0. The van der Waals surface area contributed by atoms with Crippen LogP contribution in [0, 0.1) is 17.7 Å². The van der Waals surface area contributed by atoms with Crippen LogP contribution in [-0.2, 0) is 10.0 Å². The first kappa shape index (κ1) is 17.0. The summed E-state index contributed by atoms with van der Waals surface area (Å²) < 4.78 is 39.8. The Morgan fingerprint density at radius 3 is 2.57 bits per heavy atom. The Kier molecular flexibility index (Phi) is 4.85. The number of rotatable bonds is 2. The maximum atomic E-state index is 13.4. The minimum Gasteiger partial charge on any atom is -0.327 e. The number of halogens is 3. The van der Waals surface area contributed by atoms with Crippen LogP contribution in [0.25, 0.3) is 0 Å². The van der Waals surface area contributed by atoms with Gasteiger partial charge in [0.05, 0.1) is 4.90 Å². The highest BCUT2D eigenvalue weighted by atomic mass is 35.5. The summed E-state index contributed by atoms with van der Waals surface area (Å²) in [6.45, 7) is 0.886. The molecule has 0 amide bonds. The van der Waals surface area contributed by atoms with Gasteiger partial charge in [-0.15, -0.1) is 12.4 Å². The molecule has 8 heteroatoms. The second-order valence-electron chi connectivity index (χ2n) is 5.59. The molecule has 3 unspecified atom stereocenters. The normalized spacial score (nSPS) is 29.2. The molecule has 1 aliphatic heterocycles. The molecule has 1 aliphatic carbocycles. The fourth-order valence-electron chi connectivity index (χ4n) is 3.29. The number of hydrogen-bond donors (Lipinski definition) is 1.